The molecule has 19 heavy (non-hydrogen) atoms. The van der Waals surface area contributed by atoms with Crippen molar-refractivity contribution in [2.45, 2.75) is 13.8 Å². The molecule has 0 spiro atoms. The van der Waals surface area contributed by atoms with Gasteiger partial charge in [-0.25, -0.2) is 5.43 Å². The summed E-state index contributed by atoms with van der Waals surface area (Å²) in [4.78, 5) is 15.6. The lowest BCUT2D eigenvalue weighted by molar-refractivity contribution is 0.0955. The van der Waals surface area contributed by atoms with Crippen LogP contribution in [0.3, 0.4) is 0 Å². The predicted octanol–water partition coefficient (Wildman–Crippen LogP) is 2.46. The van der Waals surface area contributed by atoms with Gasteiger partial charge >= 0.3 is 0 Å². The van der Waals surface area contributed by atoms with Crippen LogP contribution < -0.4 is 5.43 Å². The van der Waals surface area contributed by atoms with Gasteiger partial charge in [-0.15, -0.1) is 0 Å². The Kier molecular flexibility index (Phi) is 4.03. The van der Waals surface area contributed by atoms with E-state index < -0.39 is 0 Å². The van der Waals surface area contributed by atoms with E-state index in [0.717, 1.165) is 16.7 Å². The first-order chi connectivity index (χ1) is 9.18. The molecule has 1 aromatic heterocycles. The van der Waals surface area contributed by atoms with Crippen molar-refractivity contribution in [1.82, 2.24) is 10.4 Å². The number of carbonyl (C=O) groups excluding carboxylic acids is 1. The van der Waals surface area contributed by atoms with Gasteiger partial charge in [-0.05, 0) is 37.1 Å². The van der Waals surface area contributed by atoms with Crippen LogP contribution in [0.5, 0.6) is 0 Å². The topological polar surface area (TPSA) is 54.4 Å². The summed E-state index contributed by atoms with van der Waals surface area (Å²) in [5.74, 6) is -0.245. The molecule has 2 rings (SSSR count). The highest BCUT2D eigenvalue weighted by molar-refractivity contribution is 5.94. The SMILES string of the molecule is Cc1cccc(C)c1/C=N\NC(=O)c1ccncc1. The van der Waals surface area contributed by atoms with E-state index in [4.69, 9.17) is 0 Å². The van der Waals surface area contributed by atoms with Crippen LogP contribution >= 0.6 is 0 Å². The molecule has 0 fully saturated rings. The van der Waals surface area contributed by atoms with Crippen molar-refractivity contribution in [3.05, 3.63) is 65.0 Å². The predicted molar refractivity (Wildman–Crippen MR) is 75.2 cm³/mol. The quantitative estimate of drug-likeness (QED) is 0.674. The summed E-state index contributed by atoms with van der Waals surface area (Å²) >= 11 is 0. The first-order valence-electron chi connectivity index (χ1n) is 5.98. The van der Waals surface area contributed by atoms with Gasteiger partial charge in [-0.3, -0.25) is 9.78 Å². The first kappa shape index (κ1) is 13.0. The normalized spacial score (nSPS) is 10.6. The minimum absolute atomic E-state index is 0.245. The van der Waals surface area contributed by atoms with Crippen molar-refractivity contribution >= 4 is 12.1 Å². The molecule has 0 unspecified atom stereocenters. The van der Waals surface area contributed by atoms with Gasteiger partial charge in [0, 0.05) is 23.5 Å². The van der Waals surface area contributed by atoms with Crippen molar-refractivity contribution in [2.24, 2.45) is 5.10 Å². The van der Waals surface area contributed by atoms with E-state index in [1.54, 1.807) is 30.7 Å². The lowest BCUT2D eigenvalue weighted by Gasteiger charge is -2.04. The fourth-order valence-electron chi connectivity index (χ4n) is 1.75. The molecule has 0 saturated carbocycles. The molecule has 0 saturated heterocycles. The number of amides is 1. The lowest BCUT2D eigenvalue weighted by atomic mass is 10.0. The second-order valence-electron chi connectivity index (χ2n) is 4.24. The molecule has 0 aliphatic heterocycles. The first-order valence-corrected chi connectivity index (χ1v) is 5.98. The molecule has 0 bridgehead atoms. The summed E-state index contributed by atoms with van der Waals surface area (Å²) < 4.78 is 0. The third kappa shape index (κ3) is 3.25. The highest BCUT2D eigenvalue weighted by atomic mass is 16.2. The molecular weight excluding hydrogens is 238 g/mol. The third-order valence-corrected chi connectivity index (χ3v) is 2.84. The Hall–Kier alpha value is -2.49. The summed E-state index contributed by atoms with van der Waals surface area (Å²) in [6.07, 6.45) is 4.82. The van der Waals surface area contributed by atoms with Crippen molar-refractivity contribution in [2.75, 3.05) is 0 Å². The third-order valence-electron chi connectivity index (χ3n) is 2.84. The lowest BCUT2D eigenvalue weighted by Crippen LogP contribution is -2.17. The molecule has 1 amide bonds. The fourth-order valence-corrected chi connectivity index (χ4v) is 1.75. The number of hydrogen-bond donors (Lipinski definition) is 1. The number of nitrogens with zero attached hydrogens (tertiary/aromatic N) is 2. The van der Waals surface area contributed by atoms with Crippen molar-refractivity contribution in [3.8, 4) is 0 Å². The fraction of sp³-hybridized carbons (Fsp3) is 0.133. The van der Waals surface area contributed by atoms with Crippen LogP contribution in [-0.4, -0.2) is 17.1 Å². The zero-order chi connectivity index (χ0) is 13.7. The van der Waals surface area contributed by atoms with Crippen molar-refractivity contribution < 1.29 is 4.79 Å². The van der Waals surface area contributed by atoms with E-state index in [-0.39, 0.29) is 5.91 Å². The van der Waals surface area contributed by atoms with E-state index in [1.165, 1.54) is 0 Å². The molecule has 1 N–H and O–H groups in total. The largest absolute Gasteiger partial charge is 0.271 e. The Balaban J connectivity index is 2.07. The molecule has 0 aliphatic rings. The molecular formula is C15H15N3O. The van der Waals surface area contributed by atoms with E-state index in [0.29, 0.717) is 5.56 Å². The van der Waals surface area contributed by atoms with E-state index >= 15 is 0 Å². The van der Waals surface area contributed by atoms with Gasteiger partial charge in [0.15, 0.2) is 0 Å². The zero-order valence-corrected chi connectivity index (χ0v) is 10.9. The molecule has 1 aromatic carbocycles. The van der Waals surface area contributed by atoms with Gasteiger partial charge in [0.1, 0.15) is 0 Å². The number of hydrazone groups is 1. The smallest absolute Gasteiger partial charge is 0.267 e. The van der Waals surface area contributed by atoms with Crippen LogP contribution in [0.15, 0.2) is 47.8 Å². The van der Waals surface area contributed by atoms with Gasteiger partial charge in [0.25, 0.3) is 5.91 Å². The minimum Gasteiger partial charge on any atom is -0.267 e. The van der Waals surface area contributed by atoms with E-state index in [9.17, 15) is 4.79 Å². The van der Waals surface area contributed by atoms with Crippen LogP contribution in [0.25, 0.3) is 0 Å². The van der Waals surface area contributed by atoms with Gasteiger partial charge in [-0.2, -0.15) is 5.10 Å². The molecule has 0 radical (unpaired) electrons. The van der Waals surface area contributed by atoms with E-state index in [1.807, 2.05) is 32.0 Å². The number of aryl methyl sites for hydroxylation is 2. The summed E-state index contributed by atoms with van der Waals surface area (Å²) in [5, 5.41) is 3.99. The maximum atomic E-state index is 11.8. The molecule has 2 aromatic rings. The summed E-state index contributed by atoms with van der Waals surface area (Å²) in [6.45, 7) is 4.03. The Morgan fingerprint density at radius 2 is 1.79 bits per heavy atom. The maximum absolute atomic E-state index is 11.8. The molecule has 0 aliphatic carbocycles. The average molecular weight is 253 g/mol. The van der Waals surface area contributed by atoms with Crippen LogP contribution in [0.2, 0.25) is 0 Å². The Labute approximate surface area is 112 Å². The molecule has 4 nitrogen and oxygen atoms in total. The molecule has 0 atom stereocenters. The number of carbonyl (C=O) groups is 1. The van der Waals surface area contributed by atoms with Crippen LogP contribution in [-0.2, 0) is 0 Å². The monoisotopic (exact) mass is 253 g/mol. The van der Waals surface area contributed by atoms with Gasteiger partial charge < -0.3 is 0 Å². The van der Waals surface area contributed by atoms with Gasteiger partial charge in [0.05, 0.1) is 6.21 Å². The number of rotatable bonds is 3. The summed E-state index contributed by atoms with van der Waals surface area (Å²) in [6, 6.07) is 9.31. The van der Waals surface area contributed by atoms with Gasteiger partial charge in [-0.1, -0.05) is 18.2 Å². The summed E-state index contributed by atoms with van der Waals surface area (Å²) in [5.41, 5.74) is 6.32. The number of aromatic nitrogens is 1. The summed E-state index contributed by atoms with van der Waals surface area (Å²) in [7, 11) is 0. The van der Waals surface area contributed by atoms with Crippen molar-refractivity contribution in [3.63, 3.8) is 0 Å². The number of hydrogen-bond acceptors (Lipinski definition) is 3. The number of nitrogens with one attached hydrogen (secondary N) is 1. The Bertz CT molecular complexity index is 586. The number of pyridine rings is 1. The minimum atomic E-state index is -0.245. The second-order valence-corrected chi connectivity index (χ2v) is 4.24. The van der Waals surface area contributed by atoms with Crippen LogP contribution in [0.1, 0.15) is 27.0 Å². The average Bonchev–Trinajstić information content (AvgIpc) is 2.43. The standard InChI is InChI=1S/C15H15N3O/c1-11-4-3-5-12(2)14(11)10-17-18-15(19)13-6-8-16-9-7-13/h3-10H,1-2H3,(H,18,19)/b17-10-. The van der Waals surface area contributed by atoms with Gasteiger partial charge in [0.2, 0.25) is 0 Å². The molecule has 96 valence electrons. The Morgan fingerprint density at radius 1 is 1.16 bits per heavy atom. The van der Waals surface area contributed by atoms with Crippen LogP contribution in [0, 0.1) is 13.8 Å². The molecule has 4 heteroatoms. The van der Waals surface area contributed by atoms with Crippen LogP contribution in [0.4, 0.5) is 0 Å². The Morgan fingerprint density at radius 3 is 2.42 bits per heavy atom. The zero-order valence-electron chi connectivity index (χ0n) is 10.9. The second kappa shape index (κ2) is 5.91. The van der Waals surface area contributed by atoms with Crippen molar-refractivity contribution in [1.29, 1.82) is 0 Å². The highest BCUT2D eigenvalue weighted by Gasteiger charge is 2.03. The number of benzene rings is 1. The highest BCUT2D eigenvalue weighted by Crippen LogP contribution is 2.10. The van der Waals surface area contributed by atoms with E-state index in [2.05, 4.69) is 15.5 Å². The maximum Gasteiger partial charge on any atom is 0.271 e. The molecule has 1 heterocycles.